The molecule has 2 aromatic rings. The van der Waals surface area contributed by atoms with E-state index in [4.69, 9.17) is 14.2 Å². The molecule has 0 radical (unpaired) electrons. The summed E-state index contributed by atoms with van der Waals surface area (Å²) in [6, 6.07) is 11.6. The van der Waals surface area contributed by atoms with E-state index in [0.717, 1.165) is 31.2 Å². The maximum atomic E-state index is 13.5. The van der Waals surface area contributed by atoms with E-state index in [1.807, 2.05) is 18.2 Å². The number of benzene rings is 2. The van der Waals surface area contributed by atoms with Crippen LogP contribution in [0.15, 0.2) is 47.4 Å². The van der Waals surface area contributed by atoms with Gasteiger partial charge in [-0.1, -0.05) is 18.9 Å². The molecule has 1 amide bonds. The molecule has 1 atom stereocenters. The number of carbonyl (C=O) groups excluding carboxylic acids is 1. The molecule has 0 aromatic heterocycles. The first-order valence-corrected chi connectivity index (χ1v) is 12.7. The lowest BCUT2D eigenvalue weighted by molar-refractivity contribution is -0.121. The van der Waals surface area contributed by atoms with Crippen LogP contribution in [0.1, 0.15) is 38.2 Å². The summed E-state index contributed by atoms with van der Waals surface area (Å²) in [6.45, 7) is 3.01. The summed E-state index contributed by atoms with van der Waals surface area (Å²) in [6.07, 6.45) is 3.41. The van der Waals surface area contributed by atoms with Gasteiger partial charge >= 0.3 is 0 Å². The highest BCUT2D eigenvalue weighted by atomic mass is 32.2. The first kappa shape index (κ1) is 23.5. The van der Waals surface area contributed by atoms with E-state index in [1.54, 1.807) is 19.1 Å². The summed E-state index contributed by atoms with van der Waals surface area (Å²) in [5.41, 5.74) is 0.808. The van der Waals surface area contributed by atoms with Crippen LogP contribution in [0.5, 0.6) is 11.5 Å². The van der Waals surface area contributed by atoms with Crippen molar-refractivity contribution in [2.75, 3.05) is 32.2 Å². The highest BCUT2D eigenvalue weighted by molar-refractivity contribution is 7.89. The number of rotatable bonds is 8. The number of amides is 1. The predicted molar refractivity (Wildman–Crippen MR) is 124 cm³/mol. The van der Waals surface area contributed by atoms with Crippen molar-refractivity contribution in [2.45, 2.75) is 49.0 Å². The van der Waals surface area contributed by atoms with Crippen molar-refractivity contribution >= 4 is 21.6 Å². The van der Waals surface area contributed by atoms with Gasteiger partial charge < -0.3 is 19.5 Å². The van der Waals surface area contributed by atoms with Gasteiger partial charge in [-0.05, 0) is 61.7 Å². The van der Waals surface area contributed by atoms with Gasteiger partial charge in [0.25, 0.3) is 0 Å². The van der Waals surface area contributed by atoms with Crippen LogP contribution < -0.4 is 19.5 Å². The van der Waals surface area contributed by atoms with Crippen molar-refractivity contribution < 1.29 is 27.4 Å². The Kier molecular flexibility index (Phi) is 6.92. The zero-order valence-corrected chi connectivity index (χ0v) is 19.7. The van der Waals surface area contributed by atoms with Crippen LogP contribution >= 0.6 is 0 Å². The third-order valence-corrected chi connectivity index (χ3v) is 7.79. The number of hydrogen-bond acceptors (Lipinski definition) is 6. The number of fused-ring (bicyclic) bond motifs is 1. The molecule has 0 bridgehead atoms. The number of methoxy groups -OCH3 is 1. The molecule has 1 fully saturated rings. The normalized spacial score (nSPS) is 18.0. The van der Waals surface area contributed by atoms with E-state index in [-0.39, 0.29) is 23.5 Å². The number of anilines is 1. The second kappa shape index (κ2) is 9.70. The number of carbonyl (C=O) groups is 1. The van der Waals surface area contributed by atoms with E-state index < -0.39 is 15.4 Å². The average Bonchev–Trinajstić information content (AvgIpc) is 3.30. The standard InChI is InChI=1S/C24H30N2O6S/c1-17(16-30-2)26-33(28,29)20-8-6-19(7-9-20)25-23(27)24(11-3-4-12-24)18-5-10-21-22(15-18)32-14-13-31-21/h5-10,15,17,26H,3-4,11-14,16H2,1-2H3,(H,25,27). The van der Waals surface area contributed by atoms with E-state index in [2.05, 4.69) is 10.0 Å². The number of sulfonamides is 1. The molecule has 1 saturated carbocycles. The van der Waals surface area contributed by atoms with Crippen LogP contribution in [-0.4, -0.2) is 47.3 Å². The number of ether oxygens (including phenoxy) is 3. The fourth-order valence-corrected chi connectivity index (χ4v) is 5.78. The van der Waals surface area contributed by atoms with Crippen LogP contribution in [0.2, 0.25) is 0 Å². The molecule has 33 heavy (non-hydrogen) atoms. The Morgan fingerprint density at radius 1 is 1.06 bits per heavy atom. The number of nitrogens with one attached hydrogen (secondary N) is 2. The van der Waals surface area contributed by atoms with Crippen molar-refractivity contribution in [3.05, 3.63) is 48.0 Å². The Hall–Kier alpha value is -2.62. The fourth-order valence-electron chi connectivity index (χ4n) is 4.55. The molecule has 0 saturated heterocycles. The molecule has 1 heterocycles. The molecular formula is C24H30N2O6S. The Morgan fingerprint density at radius 3 is 2.39 bits per heavy atom. The van der Waals surface area contributed by atoms with Crippen molar-refractivity contribution in [1.82, 2.24) is 4.72 Å². The molecule has 2 aliphatic rings. The van der Waals surface area contributed by atoms with Crippen LogP contribution in [0.3, 0.4) is 0 Å². The molecule has 1 unspecified atom stereocenters. The summed E-state index contributed by atoms with van der Waals surface area (Å²) in [7, 11) is -2.16. The van der Waals surface area contributed by atoms with Crippen LogP contribution in [0.25, 0.3) is 0 Å². The summed E-state index contributed by atoms with van der Waals surface area (Å²) in [4.78, 5) is 13.6. The third-order valence-electron chi connectivity index (χ3n) is 6.18. The molecule has 9 heteroatoms. The minimum atomic E-state index is -3.67. The Balaban J connectivity index is 1.52. The fraction of sp³-hybridized carbons (Fsp3) is 0.458. The van der Waals surface area contributed by atoms with Gasteiger partial charge in [-0.25, -0.2) is 13.1 Å². The lowest BCUT2D eigenvalue weighted by Gasteiger charge is -2.30. The zero-order valence-electron chi connectivity index (χ0n) is 18.9. The van der Waals surface area contributed by atoms with Gasteiger partial charge in [0.15, 0.2) is 11.5 Å². The molecule has 2 aromatic carbocycles. The van der Waals surface area contributed by atoms with E-state index >= 15 is 0 Å². The van der Waals surface area contributed by atoms with Gasteiger partial charge in [-0.2, -0.15) is 0 Å². The molecule has 2 N–H and O–H groups in total. The van der Waals surface area contributed by atoms with E-state index in [1.165, 1.54) is 19.2 Å². The largest absolute Gasteiger partial charge is 0.486 e. The quantitative estimate of drug-likeness (QED) is 0.609. The Bertz CT molecular complexity index is 1090. The lowest BCUT2D eigenvalue weighted by atomic mass is 9.77. The Morgan fingerprint density at radius 2 is 1.73 bits per heavy atom. The summed E-state index contributed by atoms with van der Waals surface area (Å²) in [5, 5.41) is 3.00. The van der Waals surface area contributed by atoms with Gasteiger partial charge in [0.2, 0.25) is 15.9 Å². The SMILES string of the molecule is COCC(C)NS(=O)(=O)c1ccc(NC(=O)C2(c3ccc4c(c3)OCCO4)CCCC2)cc1. The molecular weight excluding hydrogens is 444 g/mol. The van der Waals surface area contributed by atoms with Crippen LogP contribution in [0.4, 0.5) is 5.69 Å². The highest BCUT2D eigenvalue weighted by Crippen LogP contribution is 2.45. The van der Waals surface area contributed by atoms with Crippen molar-refractivity contribution in [3.8, 4) is 11.5 Å². The van der Waals surface area contributed by atoms with Crippen molar-refractivity contribution in [1.29, 1.82) is 0 Å². The molecule has 0 spiro atoms. The first-order chi connectivity index (χ1) is 15.8. The molecule has 1 aliphatic heterocycles. The summed E-state index contributed by atoms with van der Waals surface area (Å²) < 4.78 is 44.0. The second-order valence-electron chi connectivity index (χ2n) is 8.60. The predicted octanol–water partition coefficient (Wildman–Crippen LogP) is 3.22. The minimum Gasteiger partial charge on any atom is -0.486 e. The topological polar surface area (TPSA) is 103 Å². The maximum Gasteiger partial charge on any atom is 0.240 e. The third kappa shape index (κ3) is 5.00. The molecule has 1 aliphatic carbocycles. The van der Waals surface area contributed by atoms with Gasteiger partial charge in [0.1, 0.15) is 13.2 Å². The second-order valence-corrected chi connectivity index (χ2v) is 10.3. The molecule has 8 nitrogen and oxygen atoms in total. The smallest absolute Gasteiger partial charge is 0.240 e. The minimum absolute atomic E-state index is 0.0980. The van der Waals surface area contributed by atoms with Crippen LogP contribution in [0, 0.1) is 0 Å². The maximum absolute atomic E-state index is 13.5. The molecule has 4 rings (SSSR count). The average molecular weight is 475 g/mol. The monoisotopic (exact) mass is 474 g/mol. The van der Waals surface area contributed by atoms with Crippen LogP contribution in [-0.2, 0) is 25.0 Å². The van der Waals surface area contributed by atoms with E-state index in [0.29, 0.717) is 30.4 Å². The number of hydrogen-bond donors (Lipinski definition) is 2. The Labute approximate surface area is 194 Å². The summed E-state index contributed by atoms with van der Waals surface area (Å²) in [5.74, 6) is 1.27. The first-order valence-electron chi connectivity index (χ1n) is 11.2. The van der Waals surface area contributed by atoms with E-state index in [9.17, 15) is 13.2 Å². The lowest BCUT2D eigenvalue weighted by Crippen LogP contribution is -2.38. The van der Waals surface area contributed by atoms with Crippen molar-refractivity contribution in [2.24, 2.45) is 0 Å². The molecule has 178 valence electrons. The van der Waals surface area contributed by atoms with Gasteiger partial charge in [0, 0.05) is 18.8 Å². The zero-order chi connectivity index (χ0) is 23.5. The van der Waals surface area contributed by atoms with Gasteiger partial charge in [-0.15, -0.1) is 0 Å². The van der Waals surface area contributed by atoms with Gasteiger partial charge in [-0.3, -0.25) is 4.79 Å². The summed E-state index contributed by atoms with van der Waals surface area (Å²) >= 11 is 0. The van der Waals surface area contributed by atoms with Gasteiger partial charge in [0.05, 0.1) is 16.9 Å². The van der Waals surface area contributed by atoms with Crippen molar-refractivity contribution in [3.63, 3.8) is 0 Å². The highest BCUT2D eigenvalue weighted by Gasteiger charge is 2.43.